The maximum absolute atomic E-state index is 12.4. The monoisotopic (exact) mass is 380 g/mol. The highest BCUT2D eigenvalue weighted by Crippen LogP contribution is 2.59. The lowest BCUT2D eigenvalue weighted by molar-refractivity contribution is 0.0637. The summed E-state index contributed by atoms with van der Waals surface area (Å²) >= 11 is 0. The minimum atomic E-state index is -0.198. The number of carbonyl (C=O) groups is 2. The molecule has 8 nitrogen and oxygen atoms in total. The molecule has 1 aliphatic carbocycles. The van der Waals surface area contributed by atoms with Crippen molar-refractivity contribution in [2.24, 2.45) is 11.3 Å². The van der Waals surface area contributed by atoms with Gasteiger partial charge in [-0.1, -0.05) is 0 Å². The number of amides is 2. The van der Waals surface area contributed by atoms with Crippen molar-refractivity contribution in [1.82, 2.24) is 20.2 Å². The fraction of sp³-hybridized carbons (Fsp3) is 0.400. The Balaban J connectivity index is 1.14. The van der Waals surface area contributed by atoms with Gasteiger partial charge in [0, 0.05) is 31.2 Å². The van der Waals surface area contributed by atoms with Crippen LogP contribution in [0.4, 0.5) is 0 Å². The number of furan rings is 1. The normalized spacial score (nSPS) is 20.4. The highest BCUT2D eigenvalue weighted by atomic mass is 16.4. The number of carbonyl (C=O) groups excluding carboxylic acids is 2. The molecule has 0 radical (unpaired) electrons. The second kappa shape index (κ2) is 6.47. The third kappa shape index (κ3) is 2.94. The molecule has 5 rings (SSSR count). The molecule has 2 aliphatic rings. The first kappa shape index (κ1) is 17.0. The number of rotatable bonds is 4. The van der Waals surface area contributed by atoms with Gasteiger partial charge in [0.2, 0.25) is 5.76 Å². The highest BCUT2D eigenvalue weighted by molar-refractivity contribution is 5.95. The van der Waals surface area contributed by atoms with E-state index in [-0.39, 0.29) is 23.0 Å². The molecule has 28 heavy (non-hydrogen) atoms. The van der Waals surface area contributed by atoms with Crippen LogP contribution in [0.1, 0.15) is 40.4 Å². The molecular formula is C20H20N4O4. The number of nitrogens with zero attached hydrogens (tertiary/aromatic N) is 3. The number of piperidine rings is 1. The van der Waals surface area contributed by atoms with Crippen LogP contribution in [0.2, 0.25) is 0 Å². The van der Waals surface area contributed by atoms with Gasteiger partial charge in [0.05, 0.1) is 12.4 Å². The first-order chi connectivity index (χ1) is 13.6. The van der Waals surface area contributed by atoms with E-state index in [4.69, 9.17) is 8.83 Å². The van der Waals surface area contributed by atoms with Crippen LogP contribution in [-0.4, -0.2) is 46.3 Å². The quantitative estimate of drug-likeness (QED) is 0.746. The van der Waals surface area contributed by atoms with Crippen molar-refractivity contribution in [1.29, 1.82) is 0 Å². The Morgan fingerprint density at radius 3 is 2.82 bits per heavy atom. The van der Waals surface area contributed by atoms with Gasteiger partial charge in [-0.15, -0.1) is 0 Å². The summed E-state index contributed by atoms with van der Waals surface area (Å²) in [5.74, 6) is 0.750. The van der Waals surface area contributed by atoms with Crippen LogP contribution >= 0.6 is 0 Å². The van der Waals surface area contributed by atoms with Gasteiger partial charge in [-0.05, 0) is 42.7 Å². The van der Waals surface area contributed by atoms with Crippen LogP contribution in [0.25, 0.3) is 11.0 Å². The standard InChI is InChI=1S/C20H20N4O4/c25-18(15-7-13-1-4-21-10-16(13)28-15)23-9-14-8-20(14)2-5-24(6-3-20)19(26)17-11-22-12-27-17/h1,4,7,10-12,14H,2-3,5-6,8-9H2,(H,23,25). The molecule has 2 amide bonds. The Labute approximate surface area is 160 Å². The molecule has 1 saturated carbocycles. The fourth-order valence-electron chi connectivity index (χ4n) is 4.26. The topological polar surface area (TPSA) is 101 Å². The van der Waals surface area contributed by atoms with E-state index < -0.39 is 0 Å². The molecule has 1 aliphatic heterocycles. The Morgan fingerprint density at radius 2 is 2.07 bits per heavy atom. The summed E-state index contributed by atoms with van der Waals surface area (Å²) in [4.78, 5) is 34.4. The summed E-state index contributed by atoms with van der Waals surface area (Å²) in [6.07, 6.45) is 8.99. The minimum Gasteiger partial charge on any atom is -0.449 e. The average Bonchev–Trinajstić information content (AvgIpc) is 3.13. The highest BCUT2D eigenvalue weighted by Gasteiger charge is 2.54. The van der Waals surface area contributed by atoms with Crippen molar-refractivity contribution in [3.63, 3.8) is 0 Å². The molecule has 0 bridgehead atoms. The summed E-state index contributed by atoms with van der Waals surface area (Å²) in [5.41, 5.74) is 0.850. The zero-order valence-electron chi connectivity index (χ0n) is 15.3. The summed E-state index contributed by atoms with van der Waals surface area (Å²) < 4.78 is 10.7. The van der Waals surface area contributed by atoms with Crippen LogP contribution in [0.5, 0.6) is 0 Å². The second-order valence-corrected chi connectivity index (χ2v) is 7.66. The molecule has 4 heterocycles. The number of nitrogens with one attached hydrogen (secondary N) is 1. The van der Waals surface area contributed by atoms with E-state index >= 15 is 0 Å². The average molecular weight is 380 g/mol. The molecule has 1 saturated heterocycles. The van der Waals surface area contributed by atoms with Gasteiger partial charge in [-0.2, -0.15) is 0 Å². The summed E-state index contributed by atoms with van der Waals surface area (Å²) in [6.45, 7) is 2.05. The molecule has 1 atom stereocenters. The maximum atomic E-state index is 12.4. The summed E-state index contributed by atoms with van der Waals surface area (Å²) in [7, 11) is 0. The predicted octanol–water partition coefficient (Wildman–Crippen LogP) is 2.49. The van der Waals surface area contributed by atoms with E-state index in [2.05, 4.69) is 15.3 Å². The Bertz CT molecular complexity index is 985. The van der Waals surface area contributed by atoms with E-state index in [0.717, 1.165) is 24.6 Å². The molecule has 0 aromatic carbocycles. The Kier molecular flexibility index (Phi) is 3.92. The number of oxazole rings is 1. The third-order valence-corrected chi connectivity index (χ3v) is 6.10. The largest absolute Gasteiger partial charge is 0.449 e. The summed E-state index contributed by atoms with van der Waals surface area (Å²) in [5, 5.41) is 3.86. The number of hydrogen-bond acceptors (Lipinski definition) is 6. The number of pyridine rings is 1. The van der Waals surface area contributed by atoms with Gasteiger partial charge < -0.3 is 19.1 Å². The van der Waals surface area contributed by atoms with Crippen LogP contribution in [0, 0.1) is 11.3 Å². The fourth-order valence-corrected chi connectivity index (χ4v) is 4.26. The molecule has 1 unspecified atom stereocenters. The molecule has 1 spiro atoms. The number of likely N-dealkylation sites (tertiary alicyclic amines) is 1. The van der Waals surface area contributed by atoms with E-state index in [1.165, 1.54) is 12.6 Å². The van der Waals surface area contributed by atoms with Crippen molar-refractivity contribution < 1.29 is 18.4 Å². The van der Waals surface area contributed by atoms with Crippen LogP contribution in [0.15, 0.2) is 46.0 Å². The van der Waals surface area contributed by atoms with E-state index in [1.807, 2.05) is 11.0 Å². The first-order valence-electron chi connectivity index (χ1n) is 9.44. The van der Waals surface area contributed by atoms with Gasteiger partial charge in [0.15, 0.2) is 17.7 Å². The van der Waals surface area contributed by atoms with E-state index in [0.29, 0.717) is 36.9 Å². The van der Waals surface area contributed by atoms with Gasteiger partial charge in [0.25, 0.3) is 11.8 Å². The Hall–Kier alpha value is -3.16. The van der Waals surface area contributed by atoms with E-state index in [1.54, 1.807) is 18.5 Å². The van der Waals surface area contributed by atoms with Gasteiger partial charge >= 0.3 is 0 Å². The maximum Gasteiger partial charge on any atom is 0.291 e. The van der Waals surface area contributed by atoms with Crippen LogP contribution in [-0.2, 0) is 0 Å². The zero-order valence-corrected chi connectivity index (χ0v) is 15.3. The molecule has 2 fully saturated rings. The van der Waals surface area contributed by atoms with Gasteiger partial charge in [-0.3, -0.25) is 14.6 Å². The van der Waals surface area contributed by atoms with Crippen molar-refractivity contribution in [3.8, 4) is 0 Å². The minimum absolute atomic E-state index is 0.0998. The number of hydrogen-bond donors (Lipinski definition) is 1. The van der Waals surface area contributed by atoms with Crippen LogP contribution in [0.3, 0.4) is 0 Å². The first-order valence-corrected chi connectivity index (χ1v) is 9.44. The lowest BCUT2D eigenvalue weighted by Gasteiger charge is -2.32. The third-order valence-electron chi connectivity index (χ3n) is 6.10. The van der Waals surface area contributed by atoms with Crippen molar-refractivity contribution in [2.45, 2.75) is 19.3 Å². The Morgan fingerprint density at radius 1 is 1.21 bits per heavy atom. The molecular weight excluding hydrogens is 360 g/mol. The molecule has 8 heteroatoms. The van der Waals surface area contributed by atoms with Crippen molar-refractivity contribution >= 4 is 22.8 Å². The predicted molar refractivity (Wildman–Crippen MR) is 98.5 cm³/mol. The second-order valence-electron chi connectivity index (χ2n) is 7.66. The van der Waals surface area contributed by atoms with E-state index in [9.17, 15) is 9.59 Å². The van der Waals surface area contributed by atoms with Crippen molar-refractivity contribution in [3.05, 3.63) is 48.6 Å². The van der Waals surface area contributed by atoms with Gasteiger partial charge in [0.1, 0.15) is 0 Å². The number of aromatic nitrogens is 2. The zero-order chi connectivity index (χ0) is 19.1. The summed E-state index contributed by atoms with van der Waals surface area (Å²) in [6, 6.07) is 3.56. The van der Waals surface area contributed by atoms with Crippen molar-refractivity contribution in [2.75, 3.05) is 19.6 Å². The number of fused-ring (bicyclic) bond motifs is 1. The lowest BCUT2D eigenvalue weighted by atomic mass is 9.90. The molecule has 3 aromatic heterocycles. The molecule has 3 aromatic rings. The van der Waals surface area contributed by atoms with Crippen LogP contribution < -0.4 is 5.32 Å². The molecule has 1 N–H and O–H groups in total. The van der Waals surface area contributed by atoms with Gasteiger partial charge in [-0.25, -0.2) is 4.98 Å². The lowest BCUT2D eigenvalue weighted by Crippen LogP contribution is -2.40. The smallest absolute Gasteiger partial charge is 0.291 e. The molecule has 144 valence electrons. The SMILES string of the molecule is O=C(NCC1CC12CCN(C(=O)c1cnco1)CC2)c1cc2ccncc2o1.